The van der Waals surface area contributed by atoms with Gasteiger partial charge in [0, 0.05) is 12.1 Å². The zero-order valence-electron chi connectivity index (χ0n) is 10.0. The number of carbonyl (C=O) groups excluding carboxylic acids is 1. The molecule has 0 saturated carbocycles. The molecule has 1 heterocycles. The molecule has 1 atom stereocenters. The average Bonchev–Trinajstić information content (AvgIpc) is 2.93. The Balaban J connectivity index is 2.12. The SMILES string of the molecule is C#CCC(N)C(=O)Nc1cccc(-n2cnnn2)c1. The molecule has 0 radical (unpaired) electrons. The smallest absolute Gasteiger partial charge is 0.242 e. The van der Waals surface area contributed by atoms with Crippen LogP contribution in [0, 0.1) is 12.3 Å². The first-order valence-corrected chi connectivity index (χ1v) is 5.54. The Morgan fingerprint density at radius 3 is 3.11 bits per heavy atom. The summed E-state index contributed by atoms with van der Waals surface area (Å²) in [7, 11) is 0. The van der Waals surface area contributed by atoms with Crippen LogP contribution in [0.4, 0.5) is 5.69 Å². The summed E-state index contributed by atoms with van der Waals surface area (Å²) in [5, 5.41) is 13.5. The first-order chi connectivity index (χ1) is 9.20. The van der Waals surface area contributed by atoms with Gasteiger partial charge in [0.25, 0.3) is 0 Å². The topological polar surface area (TPSA) is 98.7 Å². The normalized spacial score (nSPS) is 11.6. The van der Waals surface area contributed by atoms with Crippen LogP contribution < -0.4 is 11.1 Å². The van der Waals surface area contributed by atoms with Crippen LogP contribution in [0.1, 0.15) is 6.42 Å². The molecule has 96 valence electrons. The zero-order valence-corrected chi connectivity index (χ0v) is 10.0. The lowest BCUT2D eigenvalue weighted by molar-refractivity contribution is -0.117. The van der Waals surface area contributed by atoms with Gasteiger partial charge in [0.05, 0.1) is 11.7 Å². The van der Waals surface area contributed by atoms with Crippen LogP contribution in [0.5, 0.6) is 0 Å². The highest BCUT2D eigenvalue weighted by Crippen LogP contribution is 2.13. The molecule has 1 amide bonds. The van der Waals surface area contributed by atoms with Crippen LogP contribution in [0.15, 0.2) is 30.6 Å². The number of nitrogens with one attached hydrogen (secondary N) is 1. The van der Waals surface area contributed by atoms with Gasteiger partial charge in [-0.05, 0) is 28.6 Å². The van der Waals surface area contributed by atoms with Gasteiger partial charge in [0.2, 0.25) is 5.91 Å². The Bertz CT molecular complexity index is 601. The summed E-state index contributed by atoms with van der Waals surface area (Å²) < 4.78 is 1.48. The van der Waals surface area contributed by atoms with E-state index in [-0.39, 0.29) is 12.3 Å². The van der Waals surface area contributed by atoms with E-state index < -0.39 is 6.04 Å². The maximum atomic E-state index is 11.7. The Hall–Kier alpha value is -2.72. The van der Waals surface area contributed by atoms with Crippen LogP contribution in [-0.4, -0.2) is 32.2 Å². The minimum Gasteiger partial charge on any atom is -0.325 e. The third kappa shape index (κ3) is 3.14. The second-order valence-corrected chi connectivity index (χ2v) is 3.81. The molecule has 1 aromatic carbocycles. The number of anilines is 1. The molecule has 0 aliphatic heterocycles. The van der Waals surface area contributed by atoms with E-state index in [1.807, 2.05) is 6.07 Å². The monoisotopic (exact) mass is 256 g/mol. The molecular formula is C12H12N6O. The number of hydrogen-bond acceptors (Lipinski definition) is 5. The maximum Gasteiger partial charge on any atom is 0.242 e. The van der Waals surface area contributed by atoms with Crippen LogP contribution in [0.2, 0.25) is 0 Å². The number of nitrogens with zero attached hydrogens (tertiary/aromatic N) is 4. The van der Waals surface area contributed by atoms with Crippen LogP contribution >= 0.6 is 0 Å². The summed E-state index contributed by atoms with van der Waals surface area (Å²) in [6, 6.07) is 6.35. The van der Waals surface area contributed by atoms with Gasteiger partial charge in [0.15, 0.2) is 0 Å². The molecule has 2 aromatic rings. The van der Waals surface area contributed by atoms with E-state index in [0.29, 0.717) is 5.69 Å². The number of carbonyl (C=O) groups is 1. The first-order valence-electron chi connectivity index (χ1n) is 5.54. The van der Waals surface area contributed by atoms with E-state index in [1.165, 1.54) is 11.0 Å². The number of benzene rings is 1. The van der Waals surface area contributed by atoms with Gasteiger partial charge in [-0.1, -0.05) is 6.07 Å². The number of hydrogen-bond donors (Lipinski definition) is 2. The van der Waals surface area contributed by atoms with Crippen molar-refractivity contribution in [2.24, 2.45) is 5.73 Å². The third-order valence-electron chi connectivity index (χ3n) is 2.40. The average molecular weight is 256 g/mol. The molecule has 1 unspecified atom stereocenters. The molecule has 1 aromatic heterocycles. The highest BCUT2D eigenvalue weighted by molar-refractivity contribution is 5.95. The van der Waals surface area contributed by atoms with E-state index in [4.69, 9.17) is 12.2 Å². The molecule has 0 aliphatic carbocycles. The van der Waals surface area contributed by atoms with Gasteiger partial charge in [-0.25, -0.2) is 4.68 Å². The van der Waals surface area contributed by atoms with Gasteiger partial charge in [-0.2, -0.15) is 0 Å². The number of tetrazole rings is 1. The van der Waals surface area contributed by atoms with Gasteiger partial charge >= 0.3 is 0 Å². The van der Waals surface area contributed by atoms with Crippen molar-refractivity contribution in [3.63, 3.8) is 0 Å². The lowest BCUT2D eigenvalue weighted by atomic mass is 10.2. The van der Waals surface area contributed by atoms with Gasteiger partial charge in [-0.3, -0.25) is 4.79 Å². The molecule has 0 fully saturated rings. The van der Waals surface area contributed by atoms with Crippen molar-refractivity contribution in [2.45, 2.75) is 12.5 Å². The van der Waals surface area contributed by atoms with Crippen molar-refractivity contribution in [3.8, 4) is 18.0 Å². The second-order valence-electron chi connectivity index (χ2n) is 3.81. The Morgan fingerprint density at radius 2 is 2.42 bits per heavy atom. The van der Waals surface area contributed by atoms with E-state index in [1.54, 1.807) is 18.2 Å². The summed E-state index contributed by atoms with van der Waals surface area (Å²) >= 11 is 0. The second kappa shape index (κ2) is 5.75. The van der Waals surface area contributed by atoms with Crippen molar-refractivity contribution in [1.29, 1.82) is 0 Å². The van der Waals surface area contributed by atoms with E-state index in [0.717, 1.165) is 5.69 Å². The summed E-state index contributed by atoms with van der Waals surface area (Å²) in [5.74, 6) is 2.02. The number of nitrogens with two attached hydrogens (primary N) is 1. The predicted octanol–water partition coefficient (Wildman–Crippen LogP) is -0.0486. The Labute approximate surface area is 109 Å². The number of rotatable bonds is 4. The fraction of sp³-hybridized carbons (Fsp3) is 0.167. The zero-order chi connectivity index (χ0) is 13.7. The minimum atomic E-state index is -0.721. The highest BCUT2D eigenvalue weighted by atomic mass is 16.2. The maximum absolute atomic E-state index is 11.7. The van der Waals surface area contributed by atoms with Crippen molar-refractivity contribution in [2.75, 3.05) is 5.32 Å². The number of amides is 1. The fourth-order valence-electron chi connectivity index (χ4n) is 1.46. The molecule has 7 heteroatoms. The van der Waals surface area contributed by atoms with Crippen LogP contribution in [-0.2, 0) is 4.79 Å². The van der Waals surface area contributed by atoms with Crippen LogP contribution in [0.25, 0.3) is 5.69 Å². The van der Waals surface area contributed by atoms with E-state index >= 15 is 0 Å². The minimum absolute atomic E-state index is 0.193. The van der Waals surface area contributed by atoms with Crippen molar-refractivity contribution >= 4 is 11.6 Å². The van der Waals surface area contributed by atoms with E-state index in [9.17, 15) is 4.79 Å². The standard InChI is InChI=1S/C12H12N6O/c1-2-4-11(13)12(19)15-9-5-3-6-10(7-9)18-8-14-16-17-18/h1,3,5-8,11H,4,13H2,(H,15,19). The third-order valence-corrected chi connectivity index (χ3v) is 2.40. The molecule has 7 nitrogen and oxygen atoms in total. The number of terminal acetylenes is 1. The fourth-order valence-corrected chi connectivity index (χ4v) is 1.46. The number of aromatic nitrogens is 4. The molecule has 0 bridgehead atoms. The molecular weight excluding hydrogens is 244 g/mol. The predicted molar refractivity (Wildman–Crippen MR) is 69.2 cm³/mol. The molecule has 19 heavy (non-hydrogen) atoms. The lowest BCUT2D eigenvalue weighted by Crippen LogP contribution is -2.35. The summed E-state index contributed by atoms with van der Waals surface area (Å²) in [6.07, 6.45) is 6.77. The largest absolute Gasteiger partial charge is 0.325 e. The highest BCUT2D eigenvalue weighted by Gasteiger charge is 2.12. The molecule has 0 spiro atoms. The van der Waals surface area contributed by atoms with Crippen molar-refractivity contribution in [1.82, 2.24) is 20.2 Å². The lowest BCUT2D eigenvalue weighted by Gasteiger charge is -2.10. The Kier molecular flexibility index (Phi) is 3.85. The summed E-state index contributed by atoms with van der Waals surface area (Å²) in [6.45, 7) is 0. The van der Waals surface area contributed by atoms with Crippen molar-refractivity contribution < 1.29 is 4.79 Å². The molecule has 0 saturated heterocycles. The first kappa shape index (κ1) is 12.7. The van der Waals surface area contributed by atoms with Gasteiger partial charge in [-0.15, -0.1) is 17.4 Å². The van der Waals surface area contributed by atoms with Gasteiger partial charge < -0.3 is 11.1 Å². The van der Waals surface area contributed by atoms with Gasteiger partial charge in [0.1, 0.15) is 6.33 Å². The summed E-state index contributed by atoms with van der Waals surface area (Å²) in [5.41, 5.74) is 6.95. The Morgan fingerprint density at radius 1 is 1.58 bits per heavy atom. The van der Waals surface area contributed by atoms with Crippen molar-refractivity contribution in [3.05, 3.63) is 30.6 Å². The van der Waals surface area contributed by atoms with Crippen LogP contribution in [0.3, 0.4) is 0 Å². The summed E-state index contributed by atoms with van der Waals surface area (Å²) in [4.78, 5) is 11.7. The molecule has 0 aliphatic rings. The molecule has 3 N–H and O–H groups in total. The van der Waals surface area contributed by atoms with E-state index in [2.05, 4.69) is 26.8 Å². The quantitative estimate of drug-likeness (QED) is 0.747. The molecule has 2 rings (SSSR count).